The highest BCUT2D eigenvalue weighted by Gasteiger charge is 2.39. The van der Waals surface area contributed by atoms with Gasteiger partial charge in [-0.25, -0.2) is 9.02 Å². The standard InChI is InChI=1S/C36H52FN7O6/c1-8-27-33(42-50-41-27)35(48)40-32(24-13-11-20(4)12-14-24)34(47)38-28-16-15-25(17-26(28)37)23(7)31(39-29(45)9-2)36(49)43-18-21(5)44(22(6)19-43)30(46)10-3/h15-17,20-24,31-32H,8-14,18-19H2,1-7H3,(H,38,47)(H,39,45)(H,40,48)/t20?,21-,22+,23-,24?,31+,32-/m0/s1. The van der Waals surface area contributed by atoms with E-state index in [-0.39, 0.29) is 53.5 Å². The second-order valence-corrected chi connectivity index (χ2v) is 13.9. The Balaban J connectivity index is 1.53. The Bertz CT molecular complexity index is 1530. The lowest BCUT2D eigenvalue weighted by atomic mass is 9.79. The predicted molar refractivity (Wildman–Crippen MR) is 184 cm³/mol. The van der Waals surface area contributed by atoms with E-state index in [0.29, 0.717) is 43.1 Å². The van der Waals surface area contributed by atoms with Crippen LogP contribution in [0.25, 0.3) is 0 Å². The summed E-state index contributed by atoms with van der Waals surface area (Å²) >= 11 is 0. The Morgan fingerprint density at radius 1 is 0.940 bits per heavy atom. The highest BCUT2D eigenvalue weighted by atomic mass is 19.1. The van der Waals surface area contributed by atoms with Crippen LogP contribution in [-0.4, -0.2) is 86.9 Å². The molecule has 1 aromatic heterocycles. The highest BCUT2D eigenvalue weighted by Crippen LogP contribution is 2.32. The monoisotopic (exact) mass is 697 g/mol. The summed E-state index contributed by atoms with van der Waals surface area (Å²) in [6, 6.07) is 1.96. The molecule has 0 spiro atoms. The molecule has 14 heteroatoms. The third-order valence-electron chi connectivity index (χ3n) is 10.2. The molecular formula is C36H52FN7O6. The third-order valence-corrected chi connectivity index (χ3v) is 10.2. The maximum atomic E-state index is 15.8. The van der Waals surface area contributed by atoms with Gasteiger partial charge in [-0.2, -0.15) is 0 Å². The summed E-state index contributed by atoms with van der Waals surface area (Å²) in [5.74, 6) is -2.76. The number of carbonyl (C=O) groups excluding carboxylic acids is 5. The number of anilines is 1. The second kappa shape index (κ2) is 17.0. The van der Waals surface area contributed by atoms with Gasteiger partial charge in [0, 0.05) is 43.9 Å². The number of amides is 5. The summed E-state index contributed by atoms with van der Waals surface area (Å²) in [6.07, 6.45) is 4.18. The van der Waals surface area contributed by atoms with Crippen molar-refractivity contribution in [3.05, 3.63) is 41.0 Å². The summed E-state index contributed by atoms with van der Waals surface area (Å²) in [5.41, 5.74) is 0.762. The minimum atomic E-state index is -0.984. The maximum Gasteiger partial charge on any atom is 0.276 e. The van der Waals surface area contributed by atoms with Crippen molar-refractivity contribution >= 4 is 35.2 Å². The number of hydrogen-bond acceptors (Lipinski definition) is 8. The van der Waals surface area contributed by atoms with Gasteiger partial charge in [0.15, 0.2) is 5.69 Å². The van der Waals surface area contributed by atoms with Crippen LogP contribution in [0.2, 0.25) is 0 Å². The summed E-state index contributed by atoms with van der Waals surface area (Å²) in [4.78, 5) is 69.4. The lowest BCUT2D eigenvalue weighted by Crippen LogP contribution is -2.62. The lowest BCUT2D eigenvalue weighted by molar-refractivity contribution is -0.147. The Labute approximate surface area is 293 Å². The van der Waals surface area contributed by atoms with Gasteiger partial charge in [0.1, 0.15) is 23.6 Å². The number of nitrogens with one attached hydrogen (secondary N) is 3. The van der Waals surface area contributed by atoms with E-state index >= 15 is 4.39 Å². The molecule has 1 saturated carbocycles. The van der Waals surface area contributed by atoms with E-state index in [0.717, 1.165) is 25.7 Å². The second-order valence-electron chi connectivity index (χ2n) is 13.9. The first-order valence-corrected chi connectivity index (χ1v) is 17.9. The minimum Gasteiger partial charge on any atom is -0.344 e. The zero-order valence-corrected chi connectivity index (χ0v) is 30.3. The summed E-state index contributed by atoms with van der Waals surface area (Å²) < 4.78 is 20.5. The highest BCUT2D eigenvalue weighted by molar-refractivity contribution is 6.01. The van der Waals surface area contributed by atoms with E-state index in [9.17, 15) is 24.0 Å². The van der Waals surface area contributed by atoms with Gasteiger partial charge in [-0.05, 0) is 67.8 Å². The average Bonchev–Trinajstić information content (AvgIpc) is 3.59. The van der Waals surface area contributed by atoms with Gasteiger partial charge in [0.25, 0.3) is 5.91 Å². The molecule has 0 radical (unpaired) electrons. The van der Waals surface area contributed by atoms with Crippen molar-refractivity contribution in [3.8, 4) is 0 Å². The normalized spacial score (nSPS) is 22.6. The van der Waals surface area contributed by atoms with Crippen LogP contribution in [0.1, 0.15) is 115 Å². The van der Waals surface area contributed by atoms with Crippen molar-refractivity contribution in [1.82, 2.24) is 30.7 Å². The summed E-state index contributed by atoms with van der Waals surface area (Å²) in [6.45, 7) is 13.6. The van der Waals surface area contributed by atoms with E-state index in [1.807, 2.05) is 20.8 Å². The number of rotatable bonds is 12. The molecule has 50 heavy (non-hydrogen) atoms. The number of carbonyl (C=O) groups is 5. The lowest BCUT2D eigenvalue weighted by Gasteiger charge is -2.45. The molecular weight excluding hydrogens is 645 g/mol. The van der Waals surface area contributed by atoms with Gasteiger partial charge in [-0.1, -0.05) is 58.7 Å². The molecule has 2 fully saturated rings. The van der Waals surface area contributed by atoms with Crippen molar-refractivity contribution in [1.29, 1.82) is 0 Å². The van der Waals surface area contributed by atoms with E-state index in [4.69, 9.17) is 4.63 Å². The molecule has 2 aliphatic rings. The zero-order valence-electron chi connectivity index (χ0n) is 30.3. The van der Waals surface area contributed by atoms with Crippen LogP contribution in [0.3, 0.4) is 0 Å². The number of piperazine rings is 1. The van der Waals surface area contributed by atoms with Gasteiger partial charge in [0.2, 0.25) is 23.6 Å². The van der Waals surface area contributed by atoms with Crippen LogP contribution in [0, 0.1) is 17.7 Å². The van der Waals surface area contributed by atoms with Gasteiger partial charge in [0.05, 0.1) is 5.69 Å². The van der Waals surface area contributed by atoms with Crippen molar-refractivity contribution in [2.75, 3.05) is 18.4 Å². The zero-order chi connectivity index (χ0) is 36.7. The number of aryl methyl sites for hydroxylation is 1. The van der Waals surface area contributed by atoms with Gasteiger partial charge in [-0.15, -0.1) is 0 Å². The molecule has 1 saturated heterocycles. The number of aromatic nitrogens is 2. The van der Waals surface area contributed by atoms with Gasteiger partial charge in [-0.3, -0.25) is 24.0 Å². The fourth-order valence-electron chi connectivity index (χ4n) is 7.21. The fraction of sp³-hybridized carbons (Fsp3) is 0.639. The molecule has 1 aliphatic heterocycles. The topological polar surface area (TPSA) is 167 Å². The molecule has 5 atom stereocenters. The van der Waals surface area contributed by atoms with E-state index in [2.05, 4.69) is 33.2 Å². The molecule has 1 aliphatic carbocycles. The van der Waals surface area contributed by atoms with Crippen molar-refractivity contribution in [3.63, 3.8) is 0 Å². The van der Waals surface area contributed by atoms with Crippen LogP contribution in [0.5, 0.6) is 0 Å². The molecule has 4 rings (SSSR count). The summed E-state index contributed by atoms with van der Waals surface area (Å²) in [7, 11) is 0. The molecule has 2 heterocycles. The van der Waals surface area contributed by atoms with Gasteiger partial charge < -0.3 is 25.8 Å². The molecule has 3 N–H and O–H groups in total. The van der Waals surface area contributed by atoms with Crippen LogP contribution < -0.4 is 16.0 Å². The quantitative estimate of drug-likeness (QED) is 0.297. The van der Waals surface area contributed by atoms with Crippen LogP contribution in [-0.2, 0) is 25.6 Å². The smallest absolute Gasteiger partial charge is 0.276 e. The van der Waals surface area contributed by atoms with E-state index in [1.54, 1.807) is 36.6 Å². The average molecular weight is 698 g/mol. The van der Waals surface area contributed by atoms with Crippen molar-refractivity contribution in [2.45, 2.75) is 123 Å². The summed E-state index contributed by atoms with van der Waals surface area (Å²) in [5, 5.41) is 15.8. The van der Waals surface area contributed by atoms with E-state index in [1.165, 1.54) is 12.1 Å². The molecule has 5 amide bonds. The molecule has 0 unspecified atom stereocenters. The van der Waals surface area contributed by atoms with Gasteiger partial charge >= 0.3 is 0 Å². The molecule has 13 nitrogen and oxygen atoms in total. The van der Waals surface area contributed by atoms with Crippen LogP contribution >= 0.6 is 0 Å². The Hall–Kier alpha value is -4.36. The molecule has 274 valence electrons. The first kappa shape index (κ1) is 38.4. The fourth-order valence-corrected chi connectivity index (χ4v) is 7.21. The van der Waals surface area contributed by atoms with Crippen LogP contribution in [0.4, 0.5) is 10.1 Å². The van der Waals surface area contributed by atoms with Crippen molar-refractivity contribution < 1.29 is 33.0 Å². The number of nitrogens with zero attached hydrogens (tertiary/aromatic N) is 4. The minimum absolute atomic E-state index is 0.0125. The number of halogens is 1. The number of benzene rings is 1. The molecule has 0 bridgehead atoms. The largest absolute Gasteiger partial charge is 0.344 e. The molecule has 2 aromatic rings. The Kier molecular flexibility index (Phi) is 13.1. The first-order valence-electron chi connectivity index (χ1n) is 17.9. The molecule has 1 aromatic carbocycles. The van der Waals surface area contributed by atoms with Crippen molar-refractivity contribution in [2.24, 2.45) is 11.8 Å². The van der Waals surface area contributed by atoms with E-state index < -0.39 is 35.6 Å². The third kappa shape index (κ3) is 8.86. The number of hydrogen-bond donors (Lipinski definition) is 3. The maximum absolute atomic E-state index is 15.8. The predicted octanol–water partition coefficient (Wildman–Crippen LogP) is 4.19. The SMILES string of the molecule is CCC(=O)N[C@@H](C(=O)N1C[C@@H](C)N(C(=O)CC)[C@@H](C)C1)[C@@H](C)c1ccc(NC(=O)[C@@H](NC(=O)c2nonc2CC)C2CCC(C)CC2)c(F)c1. The Morgan fingerprint density at radius 3 is 2.18 bits per heavy atom. The van der Waals surface area contributed by atoms with Crippen LogP contribution in [0.15, 0.2) is 22.8 Å². The first-order chi connectivity index (χ1) is 23.8. The Morgan fingerprint density at radius 2 is 1.60 bits per heavy atom.